The Morgan fingerprint density at radius 2 is 2.10 bits per heavy atom. The number of hydrogen-bond donors (Lipinski definition) is 2. The highest BCUT2D eigenvalue weighted by atomic mass is 16.5. The molecule has 1 aromatic rings. The molecule has 0 aliphatic heterocycles. The molecule has 5 heteroatoms. The summed E-state index contributed by atoms with van der Waals surface area (Å²) in [5.41, 5.74) is 2.08. The molecule has 1 aromatic carbocycles. The van der Waals surface area contributed by atoms with Gasteiger partial charge in [-0.3, -0.25) is 0 Å². The Kier molecular flexibility index (Phi) is 5.07. The van der Waals surface area contributed by atoms with Crippen molar-refractivity contribution in [3.63, 3.8) is 0 Å². The SMILES string of the molecule is COC1(CNC(=O)NCc2cccc(N(C)C)c2)CCC1. The molecule has 0 saturated heterocycles. The third-order valence-electron chi connectivity index (χ3n) is 4.15. The molecule has 2 amide bonds. The smallest absolute Gasteiger partial charge is 0.315 e. The van der Waals surface area contributed by atoms with Crippen LogP contribution in [0.5, 0.6) is 0 Å². The van der Waals surface area contributed by atoms with E-state index in [9.17, 15) is 4.79 Å². The summed E-state index contributed by atoms with van der Waals surface area (Å²) in [4.78, 5) is 13.9. The first-order chi connectivity index (χ1) is 10.0. The predicted molar refractivity (Wildman–Crippen MR) is 84.6 cm³/mol. The van der Waals surface area contributed by atoms with E-state index in [1.54, 1.807) is 7.11 Å². The Morgan fingerprint density at radius 1 is 1.33 bits per heavy atom. The predicted octanol–water partition coefficient (Wildman–Crippen LogP) is 2.12. The zero-order valence-corrected chi connectivity index (χ0v) is 13.1. The molecular weight excluding hydrogens is 266 g/mol. The molecule has 0 bridgehead atoms. The number of methoxy groups -OCH3 is 1. The number of amides is 2. The molecule has 1 aliphatic carbocycles. The highest BCUT2D eigenvalue weighted by molar-refractivity contribution is 5.74. The van der Waals surface area contributed by atoms with E-state index in [1.807, 2.05) is 37.2 Å². The van der Waals surface area contributed by atoms with E-state index >= 15 is 0 Å². The van der Waals surface area contributed by atoms with Crippen LogP contribution in [0, 0.1) is 0 Å². The van der Waals surface area contributed by atoms with E-state index in [0.717, 1.165) is 24.1 Å². The van der Waals surface area contributed by atoms with E-state index < -0.39 is 0 Å². The number of ether oxygens (including phenoxy) is 1. The summed E-state index contributed by atoms with van der Waals surface area (Å²) in [6.07, 6.45) is 3.22. The maximum atomic E-state index is 11.8. The molecule has 2 N–H and O–H groups in total. The maximum absolute atomic E-state index is 11.8. The first-order valence-electron chi connectivity index (χ1n) is 7.38. The minimum atomic E-state index is -0.145. The monoisotopic (exact) mass is 291 g/mol. The van der Waals surface area contributed by atoms with E-state index in [0.29, 0.717) is 13.1 Å². The summed E-state index contributed by atoms with van der Waals surface area (Å²) in [5.74, 6) is 0. The van der Waals surface area contributed by atoms with E-state index in [4.69, 9.17) is 4.74 Å². The number of anilines is 1. The van der Waals surface area contributed by atoms with Gasteiger partial charge in [-0.2, -0.15) is 0 Å². The Labute approximate surface area is 126 Å². The summed E-state index contributed by atoms with van der Waals surface area (Å²) in [7, 11) is 5.72. The molecule has 0 spiro atoms. The highest BCUT2D eigenvalue weighted by Gasteiger charge is 2.37. The van der Waals surface area contributed by atoms with Gasteiger partial charge in [-0.25, -0.2) is 4.79 Å². The second kappa shape index (κ2) is 6.80. The molecule has 2 rings (SSSR count). The lowest BCUT2D eigenvalue weighted by Gasteiger charge is -2.40. The van der Waals surface area contributed by atoms with Crippen molar-refractivity contribution in [3.8, 4) is 0 Å². The van der Waals surface area contributed by atoms with Crippen molar-refractivity contribution < 1.29 is 9.53 Å². The van der Waals surface area contributed by atoms with Crippen molar-refractivity contribution in [2.75, 3.05) is 32.6 Å². The van der Waals surface area contributed by atoms with Crippen LogP contribution in [-0.2, 0) is 11.3 Å². The summed E-state index contributed by atoms with van der Waals surface area (Å²) in [6.45, 7) is 1.10. The summed E-state index contributed by atoms with van der Waals surface area (Å²) in [6, 6.07) is 7.98. The number of benzene rings is 1. The molecule has 116 valence electrons. The molecule has 0 atom stereocenters. The van der Waals surface area contributed by atoms with Crippen molar-refractivity contribution in [1.82, 2.24) is 10.6 Å². The zero-order valence-electron chi connectivity index (χ0n) is 13.1. The summed E-state index contributed by atoms with van der Waals surface area (Å²) < 4.78 is 5.48. The Morgan fingerprint density at radius 3 is 2.67 bits per heavy atom. The Balaban J connectivity index is 1.77. The third-order valence-corrected chi connectivity index (χ3v) is 4.15. The number of nitrogens with one attached hydrogen (secondary N) is 2. The van der Waals surface area contributed by atoms with Crippen LogP contribution < -0.4 is 15.5 Å². The van der Waals surface area contributed by atoms with E-state index in [-0.39, 0.29) is 11.6 Å². The first kappa shape index (κ1) is 15.6. The van der Waals surface area contributed by atoms with Gasteiger partial charge in [0.1, 0.15) is 0 Å². The minimum Gasteiger partial charge on any atom is -0.378 e. The lowest BCUT2D eigenvalue weighted by Crippen LogP contribution is -2.51. The molecule has 21 heavy (non-hydrogen) atoms. The van der Waals surface area contributed by atoms with Gasteiger partial charge in [-0.1, -0.05) is 12.1 Å². The molecule has 0 heterocycles. The van der Waals surface area contributed by atoms with Gasteiger partial charge in [0.05, 0.1) is 5.60 Å². The van der Waals surface area contributed by atoms with Crippen LogP contribution in [0.25, 0.3) is 0 Å². The van der Waals surface area contributed by atoms with Gasteiger partial charge in [-0.15, -0.1) is 0 Å². The fourth-order valence-corrected chi connectivity index (χ4v) is 2.45. The van der Waals surface area contributed by atoms with Gasteiger partial charge < -0.3 is 20.3 Å². The highest BCUT2D eigenvalue weighted by Crippen LogP contribution is 2.34. The van der Waals surface area contributed by atoms with Crippen LogP contribution in [0.1, 0.15) is 24.8 Å². The molecule has 1 saturated carbocycles. The van der Waals surface area contributed by atoms with Crippen LogP contribution in [0.4, 0.5) is 10.5 Å². The maximum Gasteiger partial charge on any atom is 0.315 e. The number of hydrogen-bond acceptors (Lipinski definition) is 3. The largest absolute Gasteiger partial charge is 0.378 e. The first-order valence-corrected chi connectivity index (χ1v) is 7.38. The second-order valence-corrected chi connectivity index (χ2v) is 5.84. The quantitative estimate of drug-likeness (QED) is 0.844. The fraction of sp³-hybridized carbons (Fsp3) is 0.562. The van der Waals surface area contributed by atoms with Crippen molar-refractivity contribution in [2.24, 2.45) is 0 Å². The molecule has 0 aromatic heterocycles. The third kappa shape index (κ3) is 4.11. The number of urea groups is 1. The normalized spacial score (nSPS) is 16.0. The molecule has 1 aliphatic rings. The van der Waals surface area contributed by atoms with Crippen LogP contribution in [0.3, 0.4) is 0 Å². The van der Waals surface area contributed by atoms with E-state index in [1.165, 1.54) is 6.42 Å². The van der Waals surface area contributed by atoms with Gasteiger partial charge >= 0.3 is 6.03 Å². The van der Waals surface area contributed by atoms with Crippen molar-refractivity contribution >= 4 is 11.7 Å². The van der Waals surface area contributed by atoms with Crippen LogP contribution in [0.2, 0.25) is 0 Å². The standard InChI is InChI=1S/C16H25N3O2/c1-19(2)14-7-4-6-13(10-14)11-17-15(20)18-12-16(21-3)8-5-9-16/h4,6-7,10H,5,8-9,11-12H2,1-3H3,(H2,17,18,20). The van der Waals surface area contributed by atoms with Crippen molar-refractivity contribution in [2.45, 2.75) is 31.4 Å². The molecule has 5 nitrogen and oxygen atoms in total. The topological polar surface area (TPSA) is 53.6 Å². The van der Waals surface area contributed by atoms with Crippen LogP contribution in [-0.4, -0.2) is 39.4 Å². The number of carbonyl (C=O) groups excluding carboxylic acids is 1. The van der Waals surface area contributed by atoms with Gasteiger partial charge in [0.25, 0.3) is 0 Å². The van der Waals surface area contributed by atoms with Crippen LogP contribution in [0.15, 0.2) is 24.3 Å². The lowest BCUT2D eigenvalue weighted by molar-refractivity contribution is -0.0673. The minimum absolute atomic E-state index is 0.137. The summed E-state index contributed by atoms with van der Waals surface area (Å²) >= 11 is 0. The average Bonchev–Trinajstić information content (AvgIpc) is 2.44. The molecular formula is C16H25N3O2. The average molecular weight is 291 g/mol. The number of nitrogens with zero attached hydrogens (tertiary/aromatic N) is 1. The Bertz CT molecular complexity index is 479. The van der Waals surface area contributed by atoms with Crippen LogP contribution >= 0.6 is 0 Å². The molecule has 1 fully saturated rings. The number of rotatable bonds is 6. The number of carbonyl (C=O) groups is 1. The van der Waals surface area contributed by atoms with E-state index in [2.05, 4.69) is 16.7 Å². The zero-order chi connectivity index (χ0) is 15.3. The molecule has 0 unspecified atom stereocenters. The Hall–Kier alpha value is -1.75. The second-order valence-electron chi connectivity index (χ2n) is 5.84. The van der Waals surface area contributed by atoms with Gasteiger partial charge in [0.15, 0.2) is 0 Å². The van der Waals surface area contributed by atoms with Crippen molar-refractivity contribution in [3.05, 3.63) is 29.8 Å². The lowest BCUT2D eigenvalue weighted by atomic mass is 9.80. The molecule has 0 radical (unpaired) electrons. The fourth-order valence-electron chi connectivity index (χ4n) is 2.45. The van der Waals surface area contributed by atoms with Gasteiger partial charge in [0, 0.05) is 40.0 Å². The summed E-state index contributed by atoms with van der Waals surface area (Å²) in [5, 5.41) is 5.78. The van der Waals surface area contributed by atoms with Gasteiger partial charge in [0.2, 0.25) is 0 Å². The van der Waals surface area contributed by atoms with Gasteiger partial charge in [-0.05, 0) is 37.0 Å². The van der Waals surface area contributed by atoms with Crippen molar-refractivity contribution in [1.29, 1.82) is 0 Å².